The molecular formula is C16H19F3N2O3. The fourth-order valence-electron chi connectivity index (χ4n) is 2.63. The number of carbonyl (C=O) groups is 2. The fourth-order valence-corrected chi connectivity index (χ4v) is 2.63. The van der Waals surface area contributed by atoms with Crippen LogP contribution in [0.2, 0.25) is 0 Å². The highest BCUT2D eigenvalue weighted by Gasteiger charge is 2.45. The van der Waals surface area contributed by atoms with Gasteiger partial charge in [0.1, 0.15) is 12.0 Å². The molecule has 3 atom stereocenters. The van der Waals surface area contributed by atoms with Crippen LogP contribution in [0, 0.1) is 5.92 Å². The van der Waals surface area contributed by atoms with Crippen LogP contribution in [0.4, 0.5) is 13.2 Å². The van der Waals surface area contributed by atoms with Crippen molar-refractivity contribution in [2.75, 3.05) is 13.7 Å². The SMILES string of the molecule is CO[C@H](CNC(=O)[C@H]1CC[C@H](C(F)(F)F)NC1=O)c1ccccc1. The van der Waals surface area contributed by atoms with Crippen LogP contribution in [0.5, 0.6) is 0 Å². The zero-order valence-corrected chi connectivity index (χ0v) is 13.1. The van der Waals surface area contributed by atoms with Gasteiger partial charge >= 0.3 is 6.18 Å². The maximum absolute atomic E-state index is 12.6. The average molecular weight is 344 g/mol. The molecule has 1 fully saturated rings. The molecule has 1 aromatic rings. The number of benzene rings is 1. The lowest BCUT2D eigenvalue weighted by Crippen LogP contribution is -2.54. The summed E-state index contributed by atoms with van der Waals surface area (Å²) in [5.41, 5.74) is 0.852. The van der Waals surface area contributed by atoms with E-state index in [2.05, 4.69) is 5.32 Å². The minimum absolute atomic E-state index is 0.131. The monoisotopic (exact) mass is 344 g/mol. The molecule has 1 saturated heterocycles. The Morgan fingerprint density at radius 2 is 2.00 bits per heavy atom. The number of methoxy groups -OCH3 is 1. The minimum atomic E-state index is -4.49. The molecule has 0 aliphatic carbocycles. The molecule has 2 rings (SSSR count). The normalized spacial score (nSPS) is 22.6. The van der Waals surface area contributed by atoms with Crippen LogP contribution in [-0.4, -0.2) is 37.7 Å². The van der Waals surface area contributed by atoms with Gasteiger partial charge in [0.25, 0.3) is 0 Å². The standard InChI is InChI=1S/C16H19F3N2O3/c1-24-12(10-5-3-2-4-6-10)9-20-14(22)11-7-8-13(16(17,18)19)21-15(11)23/h2-6,11-13H,7-9H2,1H3,(H,20,22)(H,21,23)/t11-,12-,13-/m1/s1. The molecule has 1 aliphatic heterocycles. The summed E-state index contributed by atoms with van der Waals surface area (Å²) in [4.78, 5) is 23.9. The second-order valence-electron chi connectivity index (χ2n) is 5.61. The van der Waals surface area contributed by atoms with Gasteiger partial charge < -0.3 is 15.4 Å². The molecule has 5 nitrogen and oxygen atoms in total. The Morgan fingerprint density at radius 3 is 2.54 bits per heavy atom. The Kier molecular flexibility index (Phi) is 5.82. The van der Waals surface area contributed by atoms with Gasteiger partial charge in [0.2, 0.25) is 11.8 Å². The van der Waals surface area contributed by atoms with Gasteiger partial charge in [-0.3, -0.25) is 9.59 Å². The predicted octanol–water partition coefficient (Wildman–Crippen LogP) is 1.95. The zero-order chi connectivity index (χ0) is 17.7. The largest absolute Gasteiger partial charge is 0.408 e. The van der Waals surface area contributed by atoms with Crippen molar-refractivity contribution in [3.8, 4) is 0 Å². The highest BCUT2D eigenvalue weighted by Crippen LogP contribution is 2.28. The van der Waals surface area contributed by atoms with Crippen molar-refractivity contribution < 1.29 is 27.5 Å². The van der Waals surface area contributed by atoms with Crippen molar-refractivity contribution in [3.63, 3.8) is 0 Å². The first-order valence-corrected chi connectivity index (χ1v) is 7.55. The van der Waals surface area contributed by atoms with Gasteiger partial charge in [0, 0.05) is 13.7 Å². The Labute approximate surface area is 137 Å². The molecule has 0 radical (unpaired) electrons. The molecule has 1 aliphatic rings. The highest BCUT2D eigenvalue weighted by atomic mass is 19.4. The van der Waals surface area contributed by atoms with E-state index in [-0.39, 0.29) is 19.4 Å². The maximum atomic E-state index is 12.6. The molecule has 0 spiro atoms. The first-order chi connectivity index (χ1) is 11.3. The summed E-state index contributed by atoms with van der Waals surface area (Å²) in [6.07, 6.45) is -5.33. The molecule has 1 heterocycles. The number of amides is 2. The highest BCUT2D eigenvalue weighted by molar-refractivity contribution is 6.00. The first kappa shape index (κ1) is 18.3. The smallest absolute Gasteiger partial charge is 0.375 e. The molecule has 0 aromatic heterocycles. The van der Waals surface area contributed by atoms with Gasteiger partial charge in [-0.15, -0.1) is 0 Å². The first-order valence-electron chi connectivity index (χ1n) is 7.55. The lowest BCUT2D eigenvalue weighted by atomic mass is 9.92. The number of hydrogen-bond donors (Lipinski definition) is 2. The molecule has 0 bridgehead atoms. The van der Waals surface area contributed by atoms with Crippen molar-refractivity contribution >= 4 is 11.8 Å². The zero-order valence-electron chi connectivity index (χ0n) is 13.1. The summed E-state index contributed by atoms with van der Waals surface area (Å²) in [6, 6.07) is 7.29. The topological polar surface area (TPSA) is 67.4 Å². The average Bonchev–Trinajstić information content (AvgIpc) is 2.55. The van der Waals surface area contributed by atoms with E-state index in [1.807, 2.05) is 35.6 Å². The van der Waals surface area contributed by atoms with Crippen LogP contribution in [0.1, 0.15) is 24.5 Å². The van der Waals surface area contributed by atoms with E-state index in [4.69, 9.17) is 4.74 Å². The summed E-state index contributed by atoms with van der Waals surface area (Å²) in [7, 11) is 1.49. The van der Waals surface area contributed by atoms with Crippen LogP contribution in [0.15, 0.2) is 30.3 Å². The molecule has 0 saturated carbocycles. The van der Waals surface area contributed by atoms with Crippen molar-refractivity contribution in [2.45, 2.75) is 31.2 Å². The van der Waals surface area contributed by atoms with E-state index in [0.29, 0.717) is 0 Å². The second kappa shape index (κ2) is 7.65. The number of carbonyl (C=O) groups excluding carboxylic acids is 2. The molecule has 1 aromatic carbocycles. The Bertz CT molecular complexity index is 578. The quantitative estimate of drug-likeness (QED) is 0.803. The number of hydrogen-bond acceptors (Lipinski definition) is 3. The van der Waals surface area contributed by atoms with E-state index >= 15 is 0 Å². The van der Waals surface area contributed by atoms with E-state index in [1.54, 1.807) is 0 Å². The van der Waals surface area contributed by atoms with E-state index in [9.17, 15) is 22.8 Å². The molecule has 132 valence electrons. The van der Waals surface area contributed by atoms with Crippen molar-refractivity contribution in [3.05, 3.63) is 35.9 Å². The summed E-state index contributed by atoms with van der Waals surface area (Å²) in [6.45, 7) is 0.131. The number of piperidine rings is 1. The van der Waals surface area contributed by atoms with Crippen LogP contribution in [0.3, 0.4) is 0 Å². The second-order valence-corrected chi connectivity index (χ2v) is 5.61. The number of nitrogens with one attached hydrogen (secondary N) is 2. The summed E-state index contributed by atoms with van der Waals surface area (Å²) >= 11 is 0. The molecule has 0 unspecified atom stereocenters. The van der Waals surface area contributed by atoms with Crippen LogP contribution >= 0.6 is 0 Å². The van der Waals surface area contributed by atoms with Crippen LogP contribution in [-0.2, 0) is 14.3 Å². The third-order valence-electron chi connectivity index (χ3n) is 4.01. The van der Waals surface area contributed by atoms with E-state index < -0.39 is 36.1 Å². The Balaban J connectivity index is 1.90. The van der Waals surface area contributed by atoms with Crippen LogP contribution in [0.25, 0.3) is 0 Å². The summed E-state index contributed by atoms with van der Waals surface area (Å²) in [5.74, 6) is -2.60. The van der Waals surface area contributed by atoms with Gasteiger partial charge in [0.15, 0.2) is 0 Å². The molecule has 2 N–H and O–H groups in total. The lowest BCUT2D eigenvalue weighted by Gasteiger charge is -2.30. The number of ether oxygens (including phenoxy) is 1. The Morgan fingerprint density at radius 1 is 1.33 bits per heavy atom. The summed E-state index contributed by atoms with van der Waals surface area (Å²) in [5, 5.41) is 4.44. The van der Waals surface area contributed by atoms with Crippen molar-refractivity contribution in [1.29, 1.82) is 0 Å². The van der Waals surface area contributed by atoms with Gasteiger partial charge in [-0.1, -0.05) is 30.3 Å². The summed E-state index contributed by atoms with van der Waals surface area (Å²) < 4.78 is 43.1. The van der Waals surface area contributed by atoms with Crippen molar-refractivity contribution in [1.82, 2.24) is 10.6 Å². The van der Waals surface area contributed by atoms with Gasteiger partial charge in [-0.25, -0.2) is 0 Å². The van der Waals surface area contributed by atoms with Gasteiger partial charge in [-0.05, 0) is 18.4 Å². The van der Waals surface area contributed by atoms with Crippen LogP contribution < -0.4 is 10.6 Å². The molecular weight excluding hydrogens is 325 g/mol. The maximum Gasteiger partial charge on any atom is 0.408 e. The third kappa shape index (κ3) is 4.47. The molecule has 2 amide bonds. The number of alkyl halides is 3. The minimum Gasteiger partial charge on any atom is -0.375 e. The predicted molar refractivity (Wildman–Crippen MR) is 79.9 cm³/mol. The Hall–Kier alpha value is -2.09. The third-order valence-corrected chi connectivity index (χ3v) is 4.01. The number of halogens is 3. The van der Waals surface area contributed by atoms with E-state index in [0.717, 1.165) is 5.56 Å². The van der Waals surface area contributed by atoms with Gasteiger partial charge in [0.05, 0.1) is 6.10 Å². The van der Waals surface area contributed by atoms with E-state index in [1.165, 1.54) is 7.11 Å². The van der Waals surface area contributed by atoms with Crippen molar-refractivity contribution in [2.24, 2.45) is 5.92 Å². The fraction of sp³-hybridized carbons (Fsp3) is 0.500. The number of rotatable bonds is 5. The lowest BCUT2D eigenvalue weighted by molar-refractivity contribution is -0.171. The molecule has 24 heavy (non-hydrogen) atoms. The van der Waals surface area contributed by atoms with Gasteiger partial charge in [-0.2, -0.15) is 13.2 Å². The molecule has 8 heteroatoms.